The predicted molar refractivity (Wildman–Crippen MR) is 87.2 cm³/mol. The van der Waals surface area contributed by atoms with E-state index in [2.05, 4.69) is 21.2 Å². The summed E-state index contributed by atoms with van der Waals surface area (Å²) in [5.74, 6) is 0. The molecule has 0 amide bonds. The van der Waals surface area contributed by atoms with Gasteiger partial charge in [-0.25, -0.2) is 8.42 Å². The summed E-state index contributed by atoms with van der Waals surface area (Å²) in [6.07, 6.45) is 1.87. The fraction of sp³-hybridized carbons (Fsp3) is 0.500. The Hall–Kier alpha value is 0.150. The third-order valence-corrected chi connectivity index (χ3v) is 6.41. The predicted octanol–water partition coefficient (Wildman–Crippen LogP) is 2.90. The molecule has 114 valence electrons. The van der Waals surface area contributed by atoms with Gasteiger partial charge in [-0.3, -0.25) is 0 Å². The quantitative estimate of drug-likeness (QED) is 0.843. The van der Waals surface area contributed by atoms with Crippen LogP contribution in [-0.4, -0.2) is 38.9 Å². The SMILES string of the molecule is CNC1CCCN(S(=O)(=O)c2ccc(Br)c(Cl)c2)C1.Cl. The molecule has 1 aromatic rings. The molecule has 1 aliphatic heterocycles. The third-order valence-electron chi connectivity index (χ3n) is 3.32. The van der Waals surface area contributed by atoms with Crippen LogP contribution in [0.2, 0.25) is 5.02 Å². The number of sulfonamides is 1. The largest absolute Gasteiger partial charge is 0.316 e. The molecule has 1 heterocycles. The van der Waals surface area contributed by atoms with Gasteiger partial charge in [0.25, 0.3) is 0 Å². The first-order valence-corrected chi connectivity index (χ1v) is 8.68. The minimum absolute atomic E-state index is 0. The molecule has 1 aromatic carbocycles. The Morgan fingerprint density at radius 2 is 2.15 bits per heavy atom. The lowest BCUT2D eigenvalue weighted by Gasteiger charge is -2.31. The van der Waals surface area contributed by atoms with Crippen LogP contribution in [0.1, 0.15) is 12.8 Å². The molecule has 2 rings (SSSR count). The zero-order chi connectivity index (χ0) is 14.0. The van der Waals surface area contributed by atoms with Crippen LogP contribution in [0.3, 0.4) is 0 Å². The van der Waals surface area contributed by atoms with Crippen LogP contribution in [0, 0.1) is 0 Å². The second-order valence-electron chi connectivity index (χ2n) is 4.57. The Morgan fingerprint density at radius 3 is 2.75 bits per heavy atom. The number of rotatable bonds is 3. The summed E-state index contributed by atoms with van der Waals surface area (Å²) >= 11 is 9.24. The van der Waals surface area contributed by atoms with Crippen molar-refractivity contribution in [3.63, 3.8) is 0 Å². The van der Waals surface area contributed by atoms with Crippen LogP contribution >= 0.6 is 39.9 Å². The Kier molecular flexibility index (Phi) is 6.76. The Morgan fingerprint density at radius 1 is 1.45 bits per heavy atom. The van der Waals surface area contributed by atoms with Crippen molar-refractivity contribution in [1.29, 1.82) is 0 Å². The van der Waals surface area contributed by atoms with Gasteiger partial charge in [0.15, 0.2) is 0 Å². The maximum atomic E-state index is 12.5. The summed E-state index contributed by atoms with van der Waals surface area (Å²) in [5, 5.41) is 3.54. The molecular formula is C12H17BrCl2N2O2S. The summed E-state index contributed by atoms with van der Waals surface area (Å²) in [6.45, 7) is 1.07. The summed E-state index contributed by atoms with van der Waals surface area (Å²) < 4.78 is 27.3. The molecule has 20 heavy (non-hydrogen) atoms. The Bertz CT molecular complexity index is 569. The smallest absolute Gasteiger partial charge is 0.243 e. The number of likely N-dealkylation sites (N-methyl/N-ethyl adjacent to an activating group) is 1. The van der Waals surface area contributed by atoms with E-state index >= 15 is 0 Å². The molecule has 1 unspecified atom stereocenters. The maximum absolute atomic E-state index is 12.5. The highest BCUT2D eigenvalue weighted by atomic mass is 79.9. The van der Waals surface area contributed by atoms with Gasteiger partial charge in [0.1, 0.15) is 0 Å². The highest BCUT2D eigenvalue weighted by Gasteiger charge is 2.29. The molecule has 4 nitrogen and oxygen atoms in total. The van der Waals surface area contributed by atoms with E-state index < -0.39 is 10.0 Å². The van der Waals surface area contributed by atoms with Crippen LogP contribution < -0.4 is 5.32 Å². The molecule has 0 bridgehead atoms. The van der Waals surface area contributed by atoms with Gasteiger partial charge in [0.2, 0.25) is 10.0 Å². The summed E-state index contributed by atoms with van der Waals surface area (Å²) in [4.78, 5) is 0.248. The molecule has 0 aliphatic carbocycles. The lowest BCUT2D eigenvalue weighted by Crippen LogP contribution is -2.46. The number of piperidine rings is 1. The van der Waals surface area contributed by atoms with Gasteiger partial charge in [-0.1, -0.05) is 11.6 Å². The Labute approximate surface area is 139 Å². The van der Waals surface area contributed by atoms with Crippen LogP contribution in [-0.2, 0) is 10.0 Å². The van der Waals surface area contributed by atoms with Crippen LogP contribution in [0.25, 0.3) is 0 Å². The van der Waals surface area contributed by atoms with E-state index in [4.69, 9.17) is 11.6 Å². The van der Waals surface area contributed by atoms with Gasteiger partial charge in [0.05, 0.1) is 9.92 Å². The Balaban J connectivity index is 0.00000200. The van der Waals surface area contributed by atoms with Gasteiger partial charge >= 0.3 is 0 Å². The number of nitrogens with zero attached hydrogens (tertiary/aromatic N) is 1. The highest BCUT2D eigenvalue weighted by molar-refractivity contribution is 9.10. The van der Waals surface area contributed by atoms with Gasteiger partial charge < -0.3 is 5.32 Å². The lowest BCUT2D eigenvalue weighted by atomic mass is 10.1. The molecule has 0 radical (unpaired) electrons. The van der Waals surface area contributed by atoms with Crippen molar-refractivity contribution < 1.29 is 8.42 Å². The second kappa shape index (κ2) is 7.42. The molecule has 1 saturated heterocycles. The summed E-state index contributed by atoms with van der Waals surface area (Å²) in [5.41, 5.74) is 0. The third kappa shape index (κ3) is 3.87. The number of hydrogen-bond donors (Lipinski definition) is 1. The topological polar surface area (TPSA) is 49.4 Å². The van der Waals surface area contributed by atoms with Gasteiger partial charge in [-0.15, -0.1) is 12.4 Å². The molecular weight excluding hydrogens is 387 g/mol. The van der Waals surface area contributed by atoms with E-state index in [0.29, 0.717) is 22.6 Å². The fourth-order valence-electron chi connectivity index (χ4n) is 2.18. The van der Waals surface area contributed by atoms with E-state index in [9.17, 15) is 8.42 Å². The van der Waals surface area contributed by atoms with Crippen molar-refractivity contribution in [2.24, 2.45) is 0 Å². The number of nitrogens with one attached hydrogen (secondary N) is 1. The first-order valence-electron chi connectivity index (χ1n) is 6.07. The standard InChI is InChI=1S/C12H16BrClN2O2S.ClH/c1-15-9-3-2-6-16(8-9)19(17,18)10-4-5-11(13)12(14)7-10;/h4-5,7,9,15H,2-3,6,8H2,1H3;1H. The average Bonchev–Trinajstić information content (AvgIpc) is 2.41. The van der Waals surface area contributed by atoms with Crippen molar-refractivity contribution >= 4 is 50.0 Å². The van der Waals surface area contributed by atoms with Crippen molar-refractivity contribution in [3.05, 3.63) is 27.7 Å². The maximum Gasteiger partial charge on any atom is 0.243 e. The molecule has 0 spiro atoms. The number of halogens is 3. The van der Waals surface area contributed by atoms with Crippen LogP contribution in [0.15, 0.2) is 27.6 Å². The summed E-state index contributed by atoms with van der Waals surface area (Å²) in [6, 6.07) is 4.95. The van der Waals surface area contributed by atoms with Crippen molar-refractivity contribution in [2.45, 2.75) is 23.8 Å². The highest BCUT2D eigenvalue weighted by Crippen LogP contribution is 2.28. The van der Waals surface area contributed by atoms with Crippen molar-refractivity contribution in [3.8, 4) is 0 Å². The molecule has 1 atom stereocenters. The zero-order valence-corrected chi connectivity index (χ0v) is 14.9. The van der Waals surface area contributed by atoms with E-state index in [0.717, 1.165) is 12.8 Å². The number of benzene rings is 1. The minimum atomic E-state index is -3.46. The van der Waals surface area contributed by atoms with Crippen molar-refractivity contribution in [2.75, 3.05) is 20.1 Å². The lowest BCUT2D eigenvalue weighted by molar-refractivity contribution is 0.293. The van der Waals surface area contributed by atoms with Gasteiger partial charge in [-0.05, 0) is 54.0 Å². The molecule has 8 heteroatoms. The molecule has 0 aromatic heterocycles. The monoisotopic (exact) mass is 402 g/mol. The van der Waals surface area contributed by atoms with E-state index in [1.165, 1.54) is 10.4 Å². The first kappa shape index (κ1) is 18.2. The van der Waals surface area contributed by atoms with E-state index in [1.807, 2.05) is 7.05 Å². The average molecular weight is 404 g/mol. The molecule has 1 N–H and O–H groups in total. The zero-order valence-electron chi connectivity index (χ0n) is 11.0. The van der Waals surface area contributed by atoms with Gasteiger partial charge in [-0.2, -0.15) is 4.31 Å². The normalized spacial score (nSPS) is 20.4. The summed E-state index contributed by atoms with van der Waals surface area (Å²) in [7, 11) is -1.60. The van der Waals surface area contributed by atoms with Crippen molar-refractivity contribution in [1.82, 2.24) is 9.62 Å². The molecule has 0 saturated carbocycles. The van der Waals surface area contributed by atoms with E-state index in [1.54, 1.807) is 12.1 Å². The van der Waals surface area contributed by atoms with Crippen LogP contribution in [0.4, 0.5) is 0 Å². The van der Waals surface area contributed by atoms with Crippen LogP contribution in [0.5, 0.6) is 0 Å². The second-order valence-corrected chi connectivity index (χ2v) is 7.77. The first-order chi connectivity index (χ1) is 8.95. The molecule has 1 aliphatic rings. The molecule has 1 fully saturated rings. The number of hydrogen-bond acceptors (Lipinski definition) is 3. The van der Waals surface area contributed by atoms with E-state index in [-0.39, 0.29) is 23.3 Å². The fourth-order valence-corrected chi connectivity index (χ4v) is 4.23. The van der Waals surface area contributed by atoms with Gasteiger partial charge in [0, 0.05) is 23.6 Å². The minimum Gasteiger partial charge on any atom is -0.316 e.